The first-order chi connectivity index (χ1) is 13.1. The van der Waals surface area contributed by atoms with Gasteiger partial charge in [-0.1, -0.05) is 6.07 Å². The summed E-state index contributed by atoms with van der Waals surface area (Å²) in [5.74, 6) is 1.57. The van der Waals surface area contributed by atoms with Crippen molar-refractivity contribution in [2.24, 2.45) is 5.92 Å². The summed E-state index contributed by atoms with van der Waals surface area (Å²) in [6.45, 7) is 0.970. The van der Waals surface area contributed by atoms with Crippen molar-refractivity contribution in [2.45, 2.75) is 13.0 Å². The van der Waals surface area contributed by atoms with Gasteiger partial charge in [0.15, 0.2) is 11.5 Å². The zero-order chi connectivity index (χ0) is 18.8. The fourth-order valence-corrected chi connectivity index (χ4v) is 3.28. The molecule has 0 bridgehead atoms. The first-order valence-electron chi connectivity index (χ1n) is 8.74. The lowest BCUT2D eigenvalue weighted by atomic mass is 10.1. The Bertz CT molecular complexity index is 865. The van der Waals surface area contributed by atoms with Crippen LogP contribution in [0.2, 0.25) is 0 Å². The van der Waals surface area contributed by atoms with E-state index in [2.05, 4.69) is 5.32 Å². The molecule has 0 unspecified atom stereocenters. The van der Waals surface area contributed by atoms with E-state index in [0.717, 1.165) is 17.0 Å². The Labute approximate surface area is 156 Å². The minimum absolute atomic E-state index is 0.0524. The van der Waals surface area contributed by atoms with Gasteiger partial charge in [0.25, 0.3) is 0 Å². The number of nitrogens with zero attached hydrogens (tertiary/aromatic N) is 1. The molecule has 1 atom stereocenters. The van der Waals surface area contributed by atoms with Gasteiger partial charge in [-0.2, -0.15) is 0 Å². The maximum Gasteiger partial charge on any atom is 0.231 e. The number of fused-ring (bicyclic) bond motifs is 1. The number of rotatable bonds is 5. The van der Waals surface area contributed by atoms with E-state index in [1.807, 2.05) is 30.3 Å². The van der Waals surface area contributed by atoms with Crippen molar-refractivity contribution in [1.82, 2.24) is 5.32 Å². The molecule has 140 valence electrons. The van der Waals surface area contributed by atoms with Crippen LogP contribution in [0.4, 0.5) is 5.69 Å². The Hall–Kier alpha value is -3.22. The number of carbonyl (C=O) groups is 2. The van der Waals surface area contributed by atoms with Crippen molar-refractivity contribution in [3.63, 3.8) is 0 Å². The molecular formula is C20H20N2O5. The van der Waals surface area contributed by atoms with Crippen molar-refractivity contribution in [1.29, 1.82) is 0 Å². The molecule has 1 fully saturated rings. The molecule has 4 rings (SSSR count). The maximum atomic E-state index is 12.5. The highest BCUT2D eigenvalue weighted by atomic mass is 16.7. The third-order valence-corrected chi connectivity index (χ3v) is 4.78. The third kappa shape index (κ3) is 3.53. The zero-order valence-electron chi connectivity index (χ0n) is 14.9. The van der Waals surface area contributed by atoms with Crippen LogP contribution in [0.15, 0.2) is 42.5 Å². The van der Waals surface area contributed by atoms with Gasteiger partial charge in [0, 0.05) is 25.2 Å². The SMILES string of the molecule is COc1ccc(N2C[C@@H](C(=O)NCc3ccc4c(c3)OCO4)CC2=O)cc1. The number of hydrogen-bond donors (Lipinski definition) is 1. The predicted molar refractivity (Wildman–Crippen MR) is 97.9 cm³/mol. The fraction of sp³-hybridized carbons (Fsp3) is 0.300. The lowest BCUT2D eigenvalue weighted by molar-refractivity contribution is -0.126. The number of amides is 2. The average Bonchev–Trinajstić information content (AvgIpc) is 3.32. The first-order valence-corrected chi connectivity index (χ1v) is 8.74. The minimum atomic E-state index is -0.367. The van der Waals surface area contributed by atoms with Crippen molar-refractivity contribution in [2.75, 3.05) is 25.3 Å². The third-order valence-electron chi connectivity index (χ3n) is 4.78. The van der Waals surface area contributed by atoms with Crippen LogP contribution in [0.5, 0.6) is 17.2 Å². The molecule has 0 saturated carbocycles. The van der Waals surface area contributed by atoms with Gasteiger partial charge in [-0.3, -0.25) is 9.59 Å². The molecule has 1 N–H and O–H groups in total. The standard InChI is InChI=1S/C20H20N2O5/c1-25-16-5-3-15(4-6-16)22-11-14(9-19(22)23)20(24)21-10-13-2-7-17-18(8-13)27-12-26-17/h2-8,14H,9-12H2,1H3,(H,21,24)/t14-/m0/s1. The average molecular weight is 368 g/mol. The van der Waals surface area contributed by atoms with Gasteiger partial charge in [0.05, 0.1) is 13.0 Å². The molecule has 2 aliphatic heterocycles. The van der Waals surface area contributed by atoms with Gasteiger partial charge in [0.2, 0.25) is 18.6 Å². The number of methoxy groups -OCH3 is 1. The van der Waals surface area contributed by atoms with Crippen LogP contribution in [-0.4, -0.2) is 32.3 Å². The lowest BCUT2D eigenvalue weighted by Gasteiger charge is -2.17. The van der Waals surface area contributed by atoms with Crippen LogP contribution in [0.25, 0.3) is 0 Å². The molecule has 1 saturated heterocycles. The summed E-state index contributed by atoms with van der Waals surface area (Å²) in [6, 6.07) is 12.8. The number of anilines is 1. The second-order valence-electron chi connectivity index (χ2n) is 6.51. The maximum absolute atomic E-state index is 12.5. The smallest absolute Gasteiger partial charge is 0.231 e. The van der Waals surface area contributed by atoms with E-state index in [4.69, 9.17) is 14.2 Å². The summed E-state index contributed by atoms with van der Waals surface area (Å²) in [5, 5.41) is 2.91. The van der Waals surface area contributed by atoms with Crippen LogP contribution >= 0.6 is 0 Å². The molecule has 2 heterocycles. The molecule has 0 aromatic heterocycles. The minimum Gasteiger partial charge on any atom is -0.497 e. The van der Waals surface area contributed by atoms with E-state index in [9.17, 15) is 9.59 Å². The molecule has 7 heteroatoms. The number of hydrogen-bond acceptors (Lipinski definition) is 5. The normalized spacial score (nSPS) is 17.9. The summed E-state index contributed by atoms with van der Waals surface area (Å²) in [7, 11) is 1.59. The molecule has 0 aliphatic carbocycles. The second kappa shape index (κ2) is 7.19. The molecule has 27 heavy (non-hydrogen) atoms. The predicted octanol–water partition coefficient (Wildman–Crippen LogP) is 2.09. The summed E-state index contributed by atoms with van der Waals surface area (Å²) in [6.07, 6.45) is 0.207. The Balaban J connectivity index is 1.36. The summed E-state index contributed by atoms with van der Waals surface area (Å²) in [4.78, 5) is 26.5. The fourth-order valence-electron chi connectivity index (χ4n) is 3.28. The van der Waals surface area contributed by atoms with Gasteiger partial charge >= 0.3 is 0 Å². The van der Waals surface area contributed by atoms with E-state index in [0.29, 0.717) is 24.6 Å². The summed E-state index contributed by atoms with van der Waals surface area (Å²) >= 11 is 0. The Morgan fingerprint density at radius 1 is 1.19 bits per heavy atom. The molecule has 0 radical (unpaired) electrons. The molecule has 2 amide bonds. The first kappa shape index (κ1) is 17.2. The number of ether oxygens (including phenoxy) is 3. The highest BCUT2D eigenvalue weighted by Crippen LogP contribution is 2.32. The number of benzene rings is 2. The second-order valence-corrected chi connectivity index (χ2v) is 6.51. The Morgan fingerprint density at radius 3 is 2.74 bits per heavy atom. The van der Waals surface area contributed by atoms with E-state index in [1.54, 1.807) is 24.1 Å². The molecule has 2 aliphatic rings. The number of nitrogens with one attached hydrogen (secondary N) is 1. The highest BCUT2D eigenvalue weighted by molar-refractivity contribution is 6.00. The van der Waals surface area contributed by atoms with Gasteiger partial charge in [-0.05, 0) is 42.0 Å². The zero-order valence-corrected chi connectivity index (χ0v) is 14.9. The van der Waals surface area contributed by atoms with Gasteiger partial charge in [-0.25, -0.2) is 0 Å². The van der Waals surface area contributed by atoms with Crippen molar-refractivity contribution < 1.29 is 23.8 Å². The highest BCUT2D eigenvalue weighted by Gasteiger charge is 2.35. The van der Waals surface area contributed by atoms with Crippen LogP contribution in [0.1, 0.15) is 12.0 Å². The summed E-state index contributed by atoms with van der Waals surface area (Å²) < 4.78 is 15.8. The van der Waals surface area contributed by atoms with Gasteiger partial charge in [0.1, 0.15) is 5.75 Å². The van der Waals surface area contributed by atoms with Gasteiger partial charge < -0.3 is 24.4 Å². The molecule has 7 nitrogen and oxygen atoms in total. The molecule has 2 aromatic carbocycles. The van der Waals surface area contributed by atoms with E-state index < -0.39 is 0 Å². The number of carbonyl (C=O) groups excluding carboxylic acids is 2. The summed E-state index contributed by atoms with van der Waals surface area (Å²) in [5.41, 5.74) is 1.69. The van der Waals surface area contributed by atoms with E-state index >= 15 is 0 Å². The Morgan fingerprint density at radius 2 is 1.96 bits per heavy atom. The van der Waals surface area contributed by atoms with Crippen molar-refractivity contribution in [3.8, 4) is 17.2 Å². The van der Waals surface area contributed by atoms with Crippen LogP contribution in [0.3, 0.4) is 0 Å². The molecule has 2 aromatic rings. The molecular weight excluding hydrogens is 348 g/mol. The van der Waals surface area contributed by atoms with Crippen LogP contribution in [0, 0.1) is 5.92 Å². The van der Waals surface area contributed by atoms with Crippen molar-refractivity contribution >= 4 is 17.5 Å². The van der Waals surface area contributed by atoms with E-state index in [1.165, 1.54) is 0 Å². The largest absolute Gasteiger partial charge is 0.497 e. The van der Waals surface area contributed by atoms with Gasteiger partial charge in [-0.15, -0.1) is 0 Å². The lowest BCUT2D eigenvalue weighted by Crippen LogP contribution is -2.32. The van der Waals surface area contributed by atoms with Crippen LogP contribution < -0.4 is 24.4 Å². The topological polar surface area (TPSA) is 77.1 Å². The van der Waals surface area contributed by atoms with Crippen molar-refractivity contribution in [3.05, 3.63) is 48.0 Å². The Kier molecular flexibility index (Phi) is 4.58. The quantitative estimate of drug-likeness (QED) is 0.875. The van der Waals surface area contributed by atoms with Crippen LogP contribution in [-0.2, 0) is 16.1 Å². The molecule has 0 spiro atoms. The monoisotopic (exact) mass is 368 g/mol. The van der Waals surface area contributed by atoms with E-state index in [-0.39, 0.29) is 30.9 Å².